The minimum atomic E-state index is -1.37. The summed E-state index contributed by atoms with van der Waals surface area (Å²) in [6.45, 7) is 4.69. The highest BCUT2D eigenvalue weighted by Gasteiger charge is 2.36. The zero-order chi connectivity index (χ0) is 15.5. The summed E-state index contributed by atoms with van der Waals surface area (Å²) in [5, 5.41) is 11.5. The van der Waals surface area contributed by atoms with Gasteiger partial charge in [-0.25, -0.2) is 14.0 Å². The molecule has 5 nitrogen and oxygen atoms in total. The second kappa shape index (κ2) is 6.09. The molecule has 110 valence electrons. The number of nitrogens with one attached hydrogen (secondary N) is 1. The van der Waals surface area contributed by atoms with E-state index in [4.69, 9.17) is 16.7 Å². The van der Waals surface area contributed by atoms with Crippen LogP contribution in [0.15, 0.2) is 18.2 Å². The van der Waals surface area contributed by atoms with Crippen LogP contribution in [0.3, 0.4) is 0 Å². The normalized spacial score (nSPS) is 11.1. The Morgan fingerprint density at radius 1 is 1.45 bits per heavy atom. The molecule has 0 aliphatic heterocycles. The summed E-state index contributed by atoms with van der Waals surface area (Å²) >= 11 is 5.55. The number of carboxylic acids is 1. The fourth-order valence-electron chi connectivity index (χ4n) is 1.67. The molecule has 7 heteroatoms. The van der Waals surface area contributed by atoms with Gasteiger partial charge in [-0.15, -0.1) is 0 Å². The van der Waals surface area contributed by atoms with E-state index in [0.717, 1.165) is 11.0 Å². The van der Waals surface area contributed by atoms with Crippen molar-refractivity contribution in [2.24, 2.45) is 0 Å². The molecule has 20 heavy (non-hydrogen) atoms. The molecule has 1 aromatic carbocycles. The number of nitrogens with zero attached hydrogens (tertiary/aromatic N) is 1. The maximum absolute atomic E-state index is 13.3. The van der Waals surface area contributed by atoms with Crippen molar-refractivity contribution in [3.63, 3.8) is 0 Å². The van der Waals surface area contributed by atoms with E-state index in [0.29, 0.717) is 0 Å². The van der Waals surface area contributed by atoms with Crippen molar-refractivity contribution in [1.29, 1.82) is 0 Å². The molecule has 0 saturated carbocycles. The van der Waals surface area contributed by atoms with Gasteiger partial charge < -0.3 is 15.3 Å². The molecule has 2 amide bonds. The maximum atomic E-state index is 13.3. The third-order valence-corrected chi connectivity index (χ3v) is 3.24. The third kappa shape index (κ3) is 3.39. The van der Waals surface area contributed by atoms with Gasteiger partial charge in [0.1, 0.15) is 11.4 Å². The fraction of sp³-hybridized carbons (Fsp3) is 0.385. The van der Waals surface area contributed by atoms with Crippen LogP contribution in [0.2, 0.25) is 5.02 Å². The number of carbonyl (C=O) groups is 2. The molecule has 0 fully saturated rings. The summed E-state index contributed by atoms with van der Waals surface area (Å²) in [4.78, 5) is 24.4. The Hall–Kier alpha value is -1.82. The number of hydrogen-bond donors (Lipinski definition) is 2. The predicted octanol–water partition coefficient (Wildman–Crippen LogP) is 3.20. The van der Waals surface area contributed by atoms with Gasteiger partial charge in [-0.1, -0.05) is 11.6 Å². The van der Waals surface area contributed by atoms with E-state index in [-0.39, 0.29) is 17.3 Å². The third-order valence-electron chi connectivity index (χ3n) is 2.93. The van der Waals surface area contributed by atoms with Crippen LogP contribution in [0.25, 0.3) is 0 Å². The van der Waals surface area contributed by atoms with E-state index in [1.807, 2.05) is 0 Å². The number of carbonyl (C=O) groups excluding carboxylic acids is 1. The Labute approximate surface area is 121 Å². The van der Waals surface area contributed by atoms with E-state index in [9.17, 15) is 14.0 Å². The van der Waals surface area contributed by atoms with Gasteiger partial charge >= 0.3 is 12.0 Å². The molecule has 0 spiro atoms. The van der Waals surface area contributed by atoms with Gasteiger partial charge in [-0.3, -0.25) is 0 Å². The molecule has 0 unspecified atom stereocenters. The number of amides is 2. The number of hydrogen-bond acceptors (Lipinski definition) is 2. The summed E-state index contributed by atoms with van der Waals surface area (Å²) in [6.07, 6.45) is 0. The lowest BCUT2D eigenvalue weighted by molar-refractivity contribution is -0.147. The molecule has 0 heterocycles. The SMILES string of the molecule is CCN(C(=O)Nc1ccc(Cl)c(F)c1)C(C)(C)C(=O)O. The predicted molar refractivity (Wildman–Crippen MR) is 74.5 cm³/mol. The number of likely N-dealkylation sites (N-methyl/N-ethyl adjacent to an activating group) is 1. The fourth-order valence-corrected chi connectivity index (χ4v) is 1.79. The molecule has 0 aromatic heterocycles. The smallest absolute Gasteiger partial charge is 0.329 e. The van der Waals surface area contributed by atoms with Crippen molar-refractivity contribution >= 4 is 29.3 Å². The van der Waals surface area contributed by atoms with Crippen molar-refractivity contribution in [2.75, 3.05) is 11.9 Å². The molecular formula is C13H16ClFN2O3. The van der Waals surface area contributed by atoms with Crippen LogP contribution >= 0.6 is 11.6 Å². The van der Waals surface area contributed by atoms with Crippen LogP contribution in [0.5, 0.6) is 0 Å². The van der Waals surface area contributed by atoms with Crippen molar-refractivity contribution in [3.8, 4) is 0 Å². The lowest BCUT2D eigenvalue weighted by Gasteiger charge is -2.34. The van der Waals surface area contributed by atoms with E-state index < -0.39 is 23.4 Å². The zero-order valence-electron chi connectivity index (χ0n) is 11.4. The van der Waals surface area contributed by atoms with Crippen molar-refractivity contribution in [3.05, 3.63) is 29.0 Å². The first-order valence-electron chi connectivity index (χ1n) is 5.97. The highest BCUT2D eigenvalue weighted by molar-refractivity contribution is 6.30. The summed E-state index contributed by atoms with van der Waals surface area (Å²) in [6, 6.07) is 3.19. The highest BCUT2D eigenvalue weighted by Crippen LogP contribution is 2.21. The number of anilines is 1. The van der Waals surface area contributed by atoms with Crippen LogP contribution in [0.1, 0.15) is 20.8 Å². The van der Waals surface area contributed by atoms with Crippen LogP contribution in [-0.4, -0.2) is 34.1 Å². The first kappa shape index (κ1) is 16.2. The molecule has 0 aliphatic carbocycles. The molecule has 0 radical (unpaired) electrons. The molecule has 0 bridgehead atoms. The molecule has 0 aliphatic rings. The number of halogens is 2. The average Bonchev–Trinajstić information content (AvgIpc) is 2.34. The number of rotatable bonds is 4. The van der Waals surface area contributed by atoms with Crippen LogP contribution in [0.4, 0.5) is 14.9 Å². The number of urea groups is 1. The molecular weight excluding hydrogens is 287 g/mol. The molecule has 1 aromatic rings. The monoisotopic (exact) mass is 302 g/mol. The van der Waals surface area contributed by atoms with Gasteiger partial charge in [-0.2, -0.15) is 0 Å². The minimum Gasteiger partial charge on any atom is -0.480 e. The second-order valence-electron chi connectivity index (χ2n) is 4.67. The lowest BCUT2D eigenvalue weighted by atomic mass is 10.0. The summed E-state index contributed by atoms with van der Waals surface area (Å²) in [5.74, 6) is -1.79. The number of aliphatic carboxylic acids is 1. The Morgan fingerprint density at radius 3 is 2.50 bits per heavy atom. The van der Waals surface area contributed by atoms with Gasteiger partial charge in [0.05, 0.1) is 5.02 Å². The Balaban J connectivity index is 2.93. The Kier molecular flexibility index (Phi) is 4.94. The summed E-state index contributed by atoms with van der Waals surface area (Å²) in [5.41, 5.74) is -1.17. The van der Waals surface area contributed by atoms with Crippen molar-refractivity contribution < 1.29 is 19.1 Å². The van der Waals surface area contributed by atoms with Gasteiger partial charge in [0, 0.05) is 12.2 Å². The maximum Gasteiger partial charge on any atom is 0.329 e. The van der Waals surface area contributed by atoms with Crippen molar-refractivity contribution in [1.82, 2.24) is 4.90 Å². The summed E-state index contributed by atoms with van der Waals surface area (Å²) in [7, 11) is 0. The largest absolute Gasteiger partial charge is 0.480 e. The number of carboxylic acid groups (broad SMARTS) is 1. The number of benzene rings is 1. The Bertz CT molecular complexity index is 534. The van der Waals surface area contributed by atoms with Crippen LogP contribution < -0.4 is 5.32 Å². The standard InChI is InChI=1S/C13H16ClFN2O3/c1-4-17(13(2,3)11(18)19)12(20)16-8-5-6-9(14)10(15)7-8/h5-7H,4H2,1-3H3,(H,16,20)(H,18,19). The van der Waals surface area contributed by atoms with Crippen LogP contribution in [-0.2, 0) is 4.79 Å². The molecule has 0 atom stereocenters. The van der Waals surface area contributed by atoms with Gasteiger partial charge in [0.15, 0.2) is 0 Å². The van der Waals surface area contributed by atoms with E-state index >= 15 is 0 Å². The van der Waals surface area contributed by atoms with Crippen LogP contribution in [0, 0.1) is 5.82 Å². The summed E-state index contributed by atoms with van der Waals surface area (Å²) < 4.78 is 13.3. The zero-order valence-corrected chi connectivity index (χ0v) is 12.2. The average molecular weight is 303 g/mol. The minimum absolute atomic E-state index is 0.0544. The van der Waals surface area contributed by atoms with E-state index in [2.05, 4.69) is 5.32 Å². The second-order valence-corrected chi connectivity index (χ2v) is 5.07. The quantitative estimate of drug-likeness (QED) is 0.897. The Morgan fingerprint density at radius 2 is 2.05 bits per heavy atom. The first-order valence-corrected chi connectivity index (χ1v) is 6.35. The molecule has 0 saturated heterocycles. The van der Waals surface area contributed by atoms with Crippen molar-refractivity contribution in [2.45, 2.75) is 26.3 Å². The topological polar surface area (TPSA) is 69.6 Å². The molecule has 2 N–H and O–H groups in total. The van der Waals surface area contributed by atoms with Gasteiger partial charge in [0.25, 0.3) is 0 Å². The lowest BCUT2D eigenvalue weighted by Crippen LogP contribution is -2.54. The van der Waals surface area contributed by atoms with Gasteiger partial charge in [0.2, 0.25) is 0 Å². The molecule has 1 rings (SSSR count). The highest BCUT2D eigenvalue weighted by atomic mass is 35.5. The van der Waals surface area contributed by atoms with Gasteiger partial charge in [-0.05, 0) is 39.0 Å². The van der Waals surface area contributed by atoms with E-state index in [1.54, 1.807) is 6.92 Å². The van der Waals surface area contributed by atoms with E-state index in [1.165, 1.54) is 26.0 Å². The first-order chi connectivity index (χ1) is 9.20.